The molecule has 1 nitrogen and oxygen atoms in total. The molecule has 0 N–H and O–H groups in total. The van der Waals surface area contributed by atoms with E-state index in [1.807, 2.05) is 0 Å². The lowest BCUT2D eigenvalue weighted by Gasteiger charge is -2.10. The maximum absolute atomic E-state index is 12.8. The molecule has 0 aliphatic carbocycles. The van der Waals surface area contributed by atoms with Crippen LogP contribution in [0.4, 0.5) is 17.6 Å². The van der Waals surface area contributed by atoms with Gasteiger partial charge in [0.25, 0.3) is 0 Å². The van der Waals surface area contributed by atoms with Crippen LogP contribution in [-0.2, 0) is 10.9 Å². The summed E-state index contributed by atoms with van der Waals surface area (Å²) < 4.78 is 54.4. The van der Waals surface area contributed by atoms with E-state index >= 15 is 0 Å². The molecule has 15 heavy (non-hydrogen) atoms. The third-order valence-corrected chi connectivity index (χ3v) is 1.84. The molecule has 0 saturated carbocycles. The minimum Gasteiger partial charge on any atom is -0.497 e. The third-order valence-electron chi connectivity index (χ3n) is 1.84. The van der Waals surface area contributed by atoms with Gasteiger partial charge in [-0.25, -0.2) is 4.39 Å². The van der Waals surface area contributed by atoms with Crippen molar-refractivity contribution in [3.05, 3.63) is 41.7 Å². The van der Waals surface area contributed by atoms with Crippen molar-refractivity contribution in [3.63, 3.8) is 0 Å². The highest BCUT2D eigenvalue weighted by molar-refractivity contribution is 5.58. The predicted molar refractivity (Wildman–Crippen MR) is 47.4 cm³/mol. The Kier molecular flexibility index (Phi) is 3.02. The Morgan fingerprint density at radius 3 is 2.40 bits per heavy atom. The number of alkyl halides is 3. The molecule has 0 radical (unpaired) electrons. The number of rotatable bonds is 2. The van der Waals surface area contributed by atoms with Crippen molar-refractivity contribution in [2.75, 3.05) is 7.11 Å². The zero-order chi connectivity index (χ0) is 11.6. The summed E-state index contributed by atoms with van der Waals surface area (Å²) in [5.74, 6) is -1.25. The van der Waals surface area contributed by atoms with Gasteiger partial charge >= 0.3 is 6.18 Å². The van der Waals surface area contributed by atoms with Crippen molar-refractivity contribution in [3.8, 4) is 0 Å². The fourth-order valence-corrected chi connectivity index (χ4v) is 1.03. The maximum Gasteiger partial charge on any atom is 0.419 e. The van der Waals surface area contributed by atoms with Crippen LogP contribution in [0.1, 0.15) is 11.1 Å². The number of hydrogen-bond donors (Lipinski definition) is 0. The van der Waals surface area contributed by atoms with Gasteiger partial charge in [0, 0.05) is 5.56 Å². The van der Waals surface area contributed by atoms with Crippen molar-refractivity contribution in [2.45, 2.75) is 6.18 Å². The maximum atomic E-state index is 12.8. The molecular weight excluding hydrogens is 212 g/mol. The Morgan fingerprint density at radius 1 is 1.33 bits per heavy atom. The highest BCUT2D eigenvalue weighted by atomic mass is 19.4. The average Bonchev–Trinajstić information content (AvgIpc) is 2.15. The Balaban J connectivity index is 3.23. The standard InChI is InChI=1S/C10H8F4O/c1-6(15-2)7-3-4-9(11)8(5-7)10(12,13)14/h3-5H,1H2,2H3. The van der Waals surface area contributed by atoms with E-state index in [0.717, 1.165) is 6.07 Å². The third kappa shape index (κ3) is 2.49. The van der Waals surface area contributed by atoms with Gasteiger partial charge < -0.3 is 4.74 Å². The topological polar surface area (TPSA) is 9.23 Å². The van der Waals surface area contributed by atoms with Gasteiger partial charge in [-0.05, 0) is 18.2 Å². The lowest BCUT2D eigenvalue weighted by Crippen LogP contribution is -2.08. The zero-order valence-electron chi connectivity index (χ0n) is 7.86. The van der Waals surface area contributed by atoms with Crippen molar-refractivity contribution < 1.29 is 22.3 Å². The Morgan fingerprint density at radius 2 is 1.93 bits per heavy atom. The molecule has 0 aliphatic heterocycles. The second-order valence-corrected chi connectivity index (χ2v) is 2.82. The smallest absolute Gasteiger partial charge is 0.419 e. The summed E-state index contributed by atoms with van der Waals surface area (Å²) in [7, 11) is 1.28. The van der Waals surface area contributed by atoms with Gasteiger partial charge in [-0.1, -0.05) is 6.58 Å². The molecule has 0 unspecified atom stereocenters. The minimum atomic E-state index is -4.71. The van der Waals surface area contributed by atoms with Crippen LogP contribution in [0.3, 0.4) is 0 Å². The summed E-state index contributed by atoms with van der Waals surface area (Å²) in [6.45, 7) is 3.38. The second kappa shape index (κ2) is 3.92. The van der Waals surface area contributed by atoms with E-state index in [9.17, 15) is 17.6 Å². The van der Waals surface area contributed by atoms with Gasteiger partial charge in [0.15, 0.2) is 0 Å². The lowest BCUT2D eigenvalue weighted by atomic mass is 10.1. The number of hydrogen-bond acceptors (Lipinski definition) is 1. The molecule has 0 saturated heterocycles. The van der Waals surface area contributed by atoms with E-state index in [-0.39, 0.29) is 11.3 Å². The molecule has 1 rings (SSSR count). The Bertz CT molecular complexity index is 381. The molecule has 0 atom stereocenters. The Labute approximate surface area is 84.0 Å². The van der Waals surface area contributed by atoms with Gasteiger partial charge in [0.1, 0.15) is 11.6 Å². The van der Waals surface area contributed by atoms with Crippen molar-refractivity contribution in [1.29, 1.82) is 0 Å². The Hall–Kier alpha value is -1.52. The van der Waals surface area contributed by atoms with E-state index in [0.29, 0.717) is 6.07 Å². The predicted octanol–water partition coefficient (Wildman–Crippen LogP) is 3.46. The van der Waals surface area contributed by atoms with Crippen LogP contribution in [0.5, 0.6) is 0 Å². The molecule has 5 heteroatoms. The van der Waals surface area contributed by atoms with Crippen LogP contribution >= 0.6 is 0 Å². The summed E-state index contributed by atoms with van der Waals surface area (Å²) in [6, 6.07) is 2.58. The molecule has 0 fully saturated rings. The molecule has 0 spiro atoms. The largest absolute Gasteiger partial charge is 0.497 e. The number of halogens is 4. The van der Waals surface area contributed by atoms with Crippen LogP contribution in [0.2, 0.25) is 0 Å². The van der Waals surface area contributed by atoms with Crippen LogP contribution in [-0.4, -0.2) is 7.11 Å². The van der Waals surface area contributed by atoms with Crippen LogP contribution in [0, 0.1) is 5.82 Å². The first-order valence-electron chi connectivity index (χ1n) is 3.96. The van der Waals surface area contributed by atoms with Crippen LogP contribution in [0.15, 0.2) is 24.8 Å². The lowest BCUT2D eigenvalue weighted by molar-refractivity contribution is -0.140. The van der Waals surface area contributed by atoms with Crippen LogP contribution in [0.25, 0.3) is 5.76 Å². The average molecular weight is 220 g/mol. The molecule has 0 bridgehead atoms. The summed E-state index contributed by atoms with van der Waals surface area (Å²) in [6.07, 6.45) is -4.71. The second-order valence-electron chi connectivity index (χ2n) is 2.82. The zero-order valence-corrected chi connectivity index (χ0v) is 7.86. The van der Waals surface area contributed by atoms with Gasteiger partial charge in [0.2, 0.25) is 0 Å². The summed E-state index contributed by atoms with van der Waals surface area (Å²) >= 11 is 0. The van der Waals surface area contributed by atoms with Gasteiger partial charge in [-0.3, -0.25) is 0 Å². The van der Waals surface area contributed by atoms with Crippen molar-refractivity contribution in [2.24, 2.45) is 0 Å². The SMILES string of the molecule is C=C(OC)c1ccc(F)c(C(F)(F)F)c1. The fraction of sp³-hybridized carbons (Fsp3) is 0.200. The van der Waals surface area contributed by atoms with E-state index < -0.39 is 17.6 Å². The first-order valence-corrected chi connectivity index (χ1v) is 3.96. The summed E-state index contributed by atoms with van der Waals surface area (Å²) in [5, 5.41) is 0. The quantitative estimate of drug-likeness (QED) is 0.547. The highest BCUT2D eigenvalue weighted by Crippen LogP contribution is 2.32. The number of methoxy groups -OCH3 is 1. The molecule has 0 aromatic heterocycles. The first kappa shape index (κ1) is 11.6. The molecule has 0 amide bonds. The normalized spacial score (nSPS) is 11.3. The first-order chi connectivity index (χ1) is 6.86. The number of ether oxygens (including phenoxy) is 1. The molecule has 82 valence electrons. The molecule has 1 aromatic rings. The molecule has 0 aliphatic rings. The highest BCUT2D eigenvalue weighted by Gasteiger charge is 2.34. The van der Waals surface area contributed by atoms with Gasteiger partial charge in [-0.15, -0.1) is 0 Å². The fourth-order valence-electron chi connectivity index (χ4n) is 1.03. The molecule has 1 aromatic carbocycles. The number of benzene rings is 1. The van der Waals surface area contributed by atoms with E-state index in [1.165, 1.54) is 13.2 Å². The van der Waals surface area contributed by atoms with Crippen molar-refractivity contribution in [1.82, 2.24) is 0 Å². The summed E-state index contributed by atoms with van der Waals surface area (Å²) in [5.41, 5.74) is -1.22. The van der Waals surface area contributed by atoms with Gasteiger partial charge in [-0.2, -0.15) is 13.2 Å². The van der Waals surface area contributed by atoms with E-state index in [4.69, 9.17) is 0 Å². The van der Waals surface area contributed by atoms with Crippen LogP contribution < -0.4 is 0 Å². The summed E-state index contributed by atoms with van der Waals surface area (Å²) in [4.78, 5) is 0. The monoisotopic (exact) mass is 220 g/mol. The van der Waals surface area contributed by atoms with E-state index in [2.05, 4.69) is 11.3 Å². The van der Waals surface area contributed by atoms with Gasteiger partial charge in [0.05, 0.1) is 12.7 Å². The molecule has 0 heterocycles. The molecular formula is C10H8F4O. The van der Waals surface area contributed by atoms with E-state index in [1.54, 1.807) is 0 Å². The van der Waals surface area contributed by atoms with Crippen molar-refractivity contribution >= 4 is 5.76 Å². The minimum absolute atomic E-state index is 0.0560.